The van der Waals surface area contributed by atoms with Crippen molar-refractivity contribution in [1.29, 1.82) is 0 Å². The molecule has 0 saturated carbocycles. The summed E-state index contributed by atoms with van der Waals surface area (Å²) >= 11 is 0. The van der Waals surface area contributed by atoms with Gasteiger partial charge in [0.15, 0.2) is 0 Å². The van der Waals surface area contributed by atoms with E-state index in [1.807, 2.05) is 4.90 Å². The van der Waals surface area contributed by atoms with Crippen LogP contribution in [0.3, 0.4) is 0 Å². The van der Waals surface area contributed by atoms with Gasteiger partial charge in [0.2, 0.25) is 0 Å². The number of carboxylic acids is 4. The smallest absolute Gasteiger partial charge is 0.307 e. The third-order valence-corrected chi connectivity index (χ3v) is 7.84. The predicted octanol–water partition coefficient (Wildman–Crippen LogP) is 4.57. The Morgan fingerprint density at radius 3 is 1.55 bits per heavy atom. The van der Waals surface area contributed by atoms with Crippen molar-refractivity contribution in [2.75, 3.05) is 19.6 Å². The van der Waals surface area contributed by atoms with Crippen molar-refractivity contribution >= 4 is 23.9 Å². The molecular weight excluding hydrogens is 490 g/mol. The maximum atomic E-state index is 11.9. The first-order valence-corrected chi connectivity index (χ1v) is 13.8. The van der Waals surface area contributed by atoms with Crippen molar-refractivity contribution in [3.63, 3.8) is 0 Å². The van der Waals surface area contributed by atoms with Crippen molar-refractivity contribution in [2.45, 2.75) is 84.0 Å². The maximum absolute atomic E-state index is 11.9. The van der Waals surface area contributed by atoms with Crippen LogP contribution in [0.2, 0.25) is 0 Å². The van der Waals surface area contributed by atoms with Gasteiger partial charge >= 0.3 is 23.9 Å². The number of carbonyl (C=O) groups is 4. The SMILES string of the molecule is CCCCCCCCCCc1ccc(CCN2CC(C(CC(=O)O)C(=O)O)(C(CC(=O)O)C(=O)O)C2)cc1. The van der Waals surface area contributed by atoms with Crippen LogP contribution in [0.25, 0.3) is 0 Å². The lowest BCUT2D eigenvalue weighted by molar-refractivity contribution is -0.179. The second-order valence-corrected chi connectivity index (χ2v) is 10.7. The molecule has 2 atom stereocenters. The van der Waals surface area contributed by atoms with Crippen LogP contribution < -0.4 is 0 Å². The van der Waals surface area contributed by atoms with Gasteiger partial charge in [-0.15, -0.1) is 0 Å². The minimum absolute atomic E-state index is 0.0258. The van der Waals surface area contributed by atoms with Crippen LogP contribution in [0.1, 0.15) is 82.3 Å². The molecule has 9 nitrogen and oxygen atoms in total. The second kappa shape index (κ2) is 15.5. The molecule has 0 amide bonds. The molecule has 1 saturated heterocycles. The molecule has 2 unspecified atom stereocenters. The molecule has 9 heteroatoms. The highest BCUT2D eigenvalue weighted by Crippen LogP contribution is 2.48. The summed E-state index contributed by atoms with van der Waals surface area (Å²) in [4.78, 5) is 48.5. The molecule has 0 radical (unpaired) electrons. The number of unbranched alkanes of at least 4 members (excludes halogenated alkanes) is 7. The Labute approximate surface area is 224 Å². The number of hydrogen-bond donors (Lipinski definition) is 4. The van der Waals surface area contributed by atoms with Crippen LogP contribution in [-0.4, -0.2) is 68.8 Å². The molecular formula is C29H43NO8. The Morgan fingerprint density at radius 1 is 0.711 bits per heavy atom. The second-order valence-electron chi connectivity index (χ2n) is 10.7. The van der Waals surface area contributed by atoms with Crippen LogP contribution in [0.5, 0.6) is 0 Å². The first kappa shape index (κ1) is 31.3. The lowest BCUT2D eigenvalue weighted by atomic mass is 9.59. The molecule has 1 aromatic rings. The zero-order valence-corrected chi connectivity index (χ0v) is 22.4. The average Bonchev–Trinajstić information content (AvgIpc) is 2.83. The van der Waals surface area contributed by atoms with E-state index in [1.165, 1.54) is 56.9 Å². The van der Waals surface area contributed by atoms with Gasteiger partial charge in [-0.3, -0.25) is 19.2 Å². The average molecular weight is 534 g/mol. The fourth-order valence-electron chi connectivity index (χ4n) is 5.67. The number of aliphatic carboxylic acids is 4. The molecule has 0 aliphatic carbocycles. The summed E-state index contributed by atoms with van der Waals surface area (Å²) in [6, 6.07) is 8.39. The van der Waals surface area contributed by atoms with Crippen molar-refractivity contribution in [2.24, 2.45) is 17.3 Å². The largest absolute Gasteiger partial charge is 0.481 e. The van der Waals surface area contributed by atoms with Crippen molar-refractivity contribution in [3.8, 4) is 0 Å². The van der Waals surface area contributed by atoms with E-state index in [1.54, 1.807) is 0 Å². The van der Waals surface area contributed by atoms with E-state index in [2.05, 4.69) is 31.2 Å². The molecule has 1 heterocycles. The number of carboxylic acid groups (broad SMARTS) is 4. The quantitative estimate of drug-likeness (QED) is 0.177. The topological polar surface area (TPSA) is 152 Å². The van der Waals surface area contributed by atoms with Gasteiger partial charge < -0.3 is 25.3 Å². The molecule has 0 aromatic heterocycles. The molecule has 1 aliphatic rings. The van der Waals surface area contributed by atoms with E-state index in [0.29, 0.717) is 13.0 Å². The fourth-order valence-corrected chi connectivity index (χ4v) is 5.67. The molecule has 1 fully saturated rings. The third kappa shape index (κ3) is 9.42. The minimum Gasteiger partial charge on any atom is -0.481 e. The van der Waals surface area contributed by atoms with Gasteiger partial charge in [-0.25, -0.2) is 0 Å². The number of benzene rings is 1. The standard InChI is InChI=1S/C29H43NO8/c1-2-3-4-5-6-7-8-9-10-21-11-13-22(14-12-21)15-16-30-19-29(20-30,23(27(35)36)17-25(31)32)24(28(37)38)18-26(33)34/h11-14,23-24H,2-10,15-20H2,1H3,(H,31,32)(H,33,34)(H,35,36)(H,37,38). The number of rotatable bonds is 20. The summed E-state index contributed by atoms with van der Waals surface area (Å²) in [5.74, 6) is -8.55. The Balaban J connectivity index is 1.90. The highest BCUT2D eigenvalue weighted by Gasteiger charge is 2.59. The first-order chi connectivity index (χ1) is 18.1. The minimum atomic E-state index is -1.49. The molecule has 0 spiro atoms. The number of likely N-dealkylation sites (tertiary alicyclic amines) is 1. The van der Waals surface area contributed by atoms with Gasteiger partial charge in [0.1, 0.15) is 0 Å². The van der Waals surface area contributed by atoms with Crippen LogP contribution in [0.4, 0.5) is 0 Å². The van der Waals surface area contributed by atoms with Gasteiger partial charge in [-0.2, -0.15) is 0 Å². The lowest BCUT2D eigenvalue weighted by Gasteiger charge is -2.55. The fraction of sp³-hybridized carbons (Fsp3) is 0.655. The number of nitrogens with zero attached hydrogens (tertiary/aromatic N) is 1. The zero-order valence-electron chi connectivity index (χ0n) is 22.4. The van der Waals surface area contributed by atoms with E-state index >= 15 is 0 Å². The van der Waals surface area contributed by atoms with E-state index in [9.17, 15) is 39.6 Å². The van der Waals surface area contributed by atoms with Crippen LogP contribution in [0, 0.1) is 17.3 Å². The van der Waals surface area contributed by atoms with Crippen molar-refractivity contribution in [1.82, 2.24) is 4.90 Å². The van der Waals surface area contributed by atoms with Crippen LogP contribution >= 0.6 is 0 Å². The highest BCUT2D eigenvalue weighted by atomic mass is 16.4. The monoisotopic (exact) mass is 533 g/mol. The molecule has 38 heavy (non-hydrogen) atoms. The summed E-state index contributed by atoms with van der Waals surface area (Å²) in [6.45, 7) is 2.82. The molecule has 212 valence electrons. The van der Waals surface area contributed by atoms with Gasteiger partial charge in [0, 0.05) is 25.0 Å². The highest BCUT2D eigenvalue weighted by molar-refractivity contribution is 5.83. The molecule has 1 aliphatic heterocycles. The predicted molar refractivity (Wildman–Crippen MR) is 142 cm³/mol. The Bertz CT molecular complexity index is 887. The van der Waals surface area contributed by atoms with E-state index < -0.39 is 54.0 Å². The Morgan fingerprint density at radius 2 is 1.13 bits per heavy atom. The third-order valence-electron chi connectivity index (χ3n) is 7.84. The molecule has 0 bridgehead atoms. The first-order valence-electron chi connectivity index (χ1n) is 13.8. The normalized spacial score (nSPS) is 16.3. The van der Waals surface area contributed by atoms with Crippen LogP contribution in [-0.2, 0) is 32.0 Å². The Hall–Kier alpha value is -2.94. The summed E-state index contributed by atoms with van der Waals surface area (Å²) in [7, 11) is 0. The summed E-state index contributed by atoms with van der Waals surface area (Å²) in [5.41, 5.74) is 0.926. The Kier molecular flexibility index (Phi) is 12.7. The van der Waals surface area contributed by atoms with Crippen molar-refractivity contribution < 1.29 is 39.6 Å². The maximum Gasteiger partial charge on any atom is 0.307 e. The zero-order chi connectivity index (χ0) is 28.1. The summed E-state index contributed by atoms with van der Waals surface area (Å²) in [5, 5.41) is 37.9. The van der Waals surface area contributed by atoms with Crippen LogP contribution in [0.15, 0.2) is 24.3 Å². The summed E-state index contributed by atoms with van der Waals surface area (Å²) < 4.78 is 0. The van der Waals surface area contributed by atoms with Crippen molar-refractivity contribution in [3.05, 3.63) is 35.4 Å². The van der Waals surface area contributed by atoms with Gasteiger partial charge in [0.25, 0.3) is 0 Å². The molecule has 4 N–H and O–H groups in total. The van der Waals surface area contributed by atoms with E-state index in [-0.39, 0.29) is 13.1 Å². The van der Waals surface area contributed by atoms with Gasteiger partial charge in [-0.1, -0.05) is 76.1 Å². The van der Waals surface area contributed by atoms with Gasteiger partial charge in [-0.05, 0) is 30.4 Å². The lowest BCUT2D eigenvalue weighted by Crippen LogP contribution is -2.66. The molecule has 2 rings (SSSR count). The number of hydrogen-bond acceptors (Lipinski definition) is 5. The molecule has 1 aromatic carbocycles. The van der Waals surface area contributed by atoms with E-state index in [4.69, 9.17) is 0 Å². The van der Waals surface area contributed by atoms with Gasteiger partial charge in [0.05, 0.1) is 24.7 Å². The number of aryl methyl sites for hydroxylation is 1. The van der Waals surface area contributed by atoms with E-state index in [0.717, 1.165) is 12.0 Å². The summed E-state index contributed by atoms with van der Waals surface area (Å²) in [6.07, 6.45) is 10.5.